The number of anilines is 1. The van der Waals surface area contributed by atoms with E-state index in [0.29, 0.717) is 22.0 Å². The van der Waals surface area contributed by atoms with Crippen molar-refractivity contribution < 1.29 is 19.1 Å². The first-order valence-electron chi connectivity index (χ1n) is 19.5. The number of aromatic nitrogens is 4. The maximum atomic E-state index is 12.0. The number of alkyl carbamates (subject to hydrolysis) is 2. The summed E-state index contributed by atoms with van der Waals surface area (Å²) in [7, 11) is 0. The summed E-state index contributed by atoms with van der Waals surface area (Å²) in [4.78, 5) is 47.7. The number of hydrogen-bond acceptors (Lipinski definition) is 12. The van der Waals surface area contributed by atoms with Gasteiger partial charge in [-0.2, -0.15) is 0 Å². The van der Waals surface area contributed by atoms with Crippen LogP contribution in [0.4, 0.5) is 15.4 Å². The summed E-state index contributed by atoms with van der Waals surface area (Å²) in [5, 5.41) is 12.0. The minimum absolute atomic E-state index is 0.209. The molecule has 4 aromatic rings. The fourth-order valence-corrected chi connectivity index (χ4v) is 10.1. The van der Waals surface area contributed by atoms with Crippen molar-refractivity contribution in [1.29, 1.82) is 0 Å². The topological polar surface area (TPSA) is 143 Å². The second-order valence-electron chi connectivity index (χ2n) is 17.6. The second kappa shape index (κ2) is 16.6. The molecule has 2 aliphatic heterocycles. The molecule has 4 aromatic heterocycles. The smallest absolute Gasteiger partial charge is 0.407 e. The maximum absolute atomic E-state index is 12.0. The Kier molecular flexibility index (Phi) is 12.5. The van der Waals surface area contributed by atoms with Crippen LogP contribution in [0.3, 0.4) is 0 Å². The predicted octanol–water partition coefficient (Wildman–Crippen LogP) is 8.70. The first-order chi connectivity index (χ1) is 26.0. The van der Waals surface area contributed by atoms with Gasteiger partial charge in [0.25, 0.3) is 0 Å². The van der Waals surface area contributed by atoms with Gasteiger partial charge in [-0.3, -0.25) is 0 Å². The van der Waals surface area contributed by atoms with E-state index in [2.05, 4.69) is 66.8 Å². The first kappa shape index (κ1) is 41.3. The molecule has 2 saturated heterocycles. The number of nitrogens with one attached hydrogen (secondary N) is 3. The molecule has 2 atom stereocenters. The summed E-state index contributed by atoms with van der Waals surface area (Å²) in [6.45, 7) is 19.9. The zero-order chi connectivity index (χ0) is 39.6. The number of aryl methyl sites for hydroxylation is 2. The van der Waals surface area contributed by atoms with Crippen LogP contribution in [0.1, 0.15) is 104 Å². The van der Waals surface area contributed by atoms with Crippen molar-refractivity contribution in [1.82, 2.24) is 35.9 Å². The van der Waals surface area contributed by atoms with Crippen molar-refractivity contribution in [3.05, 3.63) is 39.7 Å². The fraction of sp³-hybridized carbons (Fsp3) is 0.650. The average molecular weight is 814 g/mol. The van der Waals surface area contributed by atoms with Crippen LogP contribution in [0.25, 0.3) is 20.4 Å². The number of carbonyl (C=O) groups excluding carboxylic acids is 2. The minimum atomic E-state index is -0.454. The van der Waals surface area contributed by atoms with E-state index in [1.807, 2.05) is 41.5 Å². The van der Waals surface area contributed by atoms with Crippen molar-refractivity contribution in [3.8, 4) is 0 Å². The van der Waals surface area contributed by atoms with E-state index >= 15 is 0 Å². The van der Waals surface area contributed by atoms with Crippen LogP contribution in [-0.2, 0) is 22.3 Å². The Morgan fingerprint density at radius 2 is 1.29 bits per heavy atom. The summed E-state index contributed by atoms with van der Waals surface area (Å²) < 4.78 is 10.6. The molecule has 2 unspecified atom stereocenters. The van der Waals surface area contributed by atoms with Gasteiger partial charge in [0.15, 0.2) is 0 Å². The first-order valence-corrected chi connectivity index (χ1v) is 21.5. The normalized spacial score (nSPS) is 20.9. The van der Waals surface area contributed by atoms with Crippen LogP contribution >= 0.6 is 34.3 Å². The third kappa shape index (κ3) is 10.5. The Morgan fingerprint density at radius 1 is 0.800 bits per heavy atom. The molecule has 3 N–H and O–H groups in total. The molecule has 55 heavy (non-hydrogen) atoms. The van der Waals surface area contributed by atoms with Gasteiger partial charge in [-0.05, 0) is 110 Å². The van der Waals surface area contributed by atoms with Crippen LogP contribution in [0, 0.1) is 10.8 Å². The van der Waals surface area contributed by atoms with Crippen LogP contribution in [0.5, 0.6) is 0 Å². The number of fused-ring (bicyclic) bond motifs is 2. The third-order valence-electron chi connectivity index (χ3n) is 10.6. The average Bonchev–Trinajstić information content (AvgIpc) is 3.87. The van der Waals surface area contributed by atoms with Crippen LogP contribution in [0.2, 0.25) is 5.15 Å². The van der Waals surface area contributed by atoms with Gasteiger partial charge >= 0.3 is 12.2 Å². The largest absolute Gasteiger partial charge is 0.444 e. The zero-order valence-electron chi connectivity index (χ0n) is 33.5. The molecule has 15 heteroatoms. The lowest BCUT2D eigenvalue weighted by atomic mass is 9.78. The summed E-state index contributed by atoms with van der Waals surface area (Å²) in [5.41, 5.74) is -0.0947. The zero-order valence-corrected chi connectivity index (χ0v) is 35.9. The van der Waals surface area contributed by atoms with Gasteiger partial charge < -0.3 is 30.3 Å². The third-order valence-corrected chi connectivity index (χ3v) is 13.3. The molecule has 0 radical (unpaired) electrons. The van der Waals surface area contributed by atoms with Gasteiger partial charge in [0.05, 0.1) is 5.39 Å². The lowest BCUT2D eigenvalue weighted by molar-refractivity contribution is 0.0487. The Labute approximate surface area is 337 Å². The molecule has 2 aliphatic carbocycles. The van der Waals surface area contributed by atoms with Crippen molar-refractivity contribution >= 4 is 72.7 Å². The lowest BCUT2D eigenvalue weighted by Crippen LogP contribution is -2.56. The van der Waals surface area contributed by atoms with E-state index in [4.69, 9.17) is 21.1 Å². The van der Waals surface area contributed by atoms with Crippen LogP contribution in [-0.4, -0.2) is 81.6 Å². The Hall–Kier alpha value is -3.33. The molecule has 12 nitrogen and oxygen atoms in total. The number of halogens is 1. The highest BCUT2D eigenvalue weighted by Gasteiger charge is 2.49. The van der Waals surface area contributed by atoms with E-state index in [1.54, 1.807) is 29.0 Å². The molecular formula is C40H57ClN8O4S2. The summed E-state index contributed by atoms with van der Waals surface area (Å²) >= 11 is 9.32. The van der Waals surface area contributed by atoms with E-state index in [0.717, 1.165) is 92.0 Å². The predicted molar refractivity (Wildman–Crippen MR) is 223 cm³/mol. The van der Waals surface area contributed by atoms with Gasteiger partial charge in [-0.15, -0.1) is 22.7 Å². The fourth-order valence-electron chi connectivity index (χ4n) is 7.98. The van der Waals surface area contributed by atoms with E-state index < -0.39 is 11.2 Å². The van der Waals surface area contributed by atoms with E-state index in [-0.39, 0.29) is 18.2 Å². The second-order valence-corrected chi connectivity index (χ2v) is 20.2. The molecule has 8 rings (SSSR count). The molecule has 0 aromatic carbocycles. The minimum Gasteiger partial charge on any atom is -0.444 e. The van der Waals surface area contributed by atoms with Crippen LogP contribution < -0.4 is 20.9 Å². The van der Waals surface area contributed by atoms with Crippen molar-refractivity contribution in [2.75, 3.05) is 31.1 Å². The maximum Gasteiger partial charge on any atom is 0.407 e. The van der Waals surface area contributed by atoms with Gasteiger partial charge in [0.1, 0.15) is 44.5 Å². The molecule has 300 valence electrons. The molecule has 4 aliphatic rings. The van der Waals surface area contributed by atoms with E-state index in [9.17, 15) is 9.59 Å². The molecule has 6 heterocycles. The Bertz CT molecular complexity index is 1960. The SMILES string of the molecule is CC(C)(C)OC(=O)NC1CCC2(CNC2)C1.CCc1cc2c(Cl)ncnc2s1.CCc1cc2c(N3CC4(CCC(NC(=O)OC(C)(C)C)C4)C3)ncnc2s1. The Morgan fingerprint density at radius 3 is 1.76 bits per heavy atom. The van der Waals surface area contributed by atoms with Crippen molar-refractivity contribution in [2.45, 2.75) is 130 Å². The summed E-state index contributed by atoms with van der Waals surface area (Å²) in [5.74, 6) is 1.06. The number of carbonyl (C=O) groups is 2. The molecule has 2 amide bonds. The molecule has 2 spiro atoms. The summed E-state index contributed by atoms with van der Waals surface area (Å²) in [6.07, 6.45) is 11.2. The van der Waals surface area contributed by atoms with Crippen molar-refractivity contribution in [2.24, 2.45) is 10.8 Å². The number of thiophene rings is 2. The Balaban J connectivity index is 0.000000155. The van der Waals surface area contributed by atoms with Gasteiger partial charge in [-0.1, -0.05) is 25.4 Å². The number of hydrogen-bond donors (Lipinski definition) is 3. The molecular weight excluding hydrogens is 756 g/mol. The number of rotatable bonds is 5. The number of amides is 2. The van der Waals surface area contributed by atoms with Crippen molar-refractivity contribution in [3.63, 3.8) is 0 Å². The molecule has 0 bridgehead atoms. The van der Waals surface area contributed by atoms with E-state index in [1.165, 1.54) is 27.9 Å². The summed E-state index contributed by atoms with van der Waals surface area (Å²) in [6, 6.07) is 4.81. The number of ether oxygens (including phenoxy) is 2. The molecule has 4 fully saturated rings. The molecule has 2 saturated carbocycles. The highest BCUT2D eigenvalue weighted by molar-refractivity contribution is 7.19. The van der Waals surface area contributed by atoms with Gasteiger partial charge in [0.2, 0.25) is 0 Å². The number of nitrogens with zero attached hydrogens (tertiary/aromatic N) is 5. The monoisotopic (exact) mass is 812 g/mol. The lowest BCUT2D eigenvalue weighted by Gasteiger charge is -2.49. The van der Waals surface area contributed by atoms with Gasteiger partial charge in [0, 0.05) is 58.8 Å². The van der Waals surface area contributed by atoms with Gasteiger partial charge in [-0.25, -0.2) is 29.5 Å². The quantitative estimate of drug-likeness (QED) is 0.168. The standard InChI is InChI=1S/C20H28N4O2S.C12H22N2O2.C8H7ClN2S/c1-5-14-8-15-16(21-12-22-17(15)27-14)24-10-20(11-24)7-6-13(9-20)23-18(25)26-19(2,3)4;1-11(2,3)16-10(15)14-9-4-5-12(6-9)7-13-8-12;1-2-5-3-6-7(9)10-4-11-8(6)12-5/h8,12-13H,5-7,9-11H2,1-4H3,(H,23,25);9,13H,4-8H2,1-3H3,(H,14,15);3-4H,2H2,1H3. The van der Waals surface area contributed by atoms with Crippen LogP contribution in [0.15, 0.2) is 24.8 Å². The highest BCUT2D eigenvalue weighted by Crippen LogP contribution is 2.48. The highest BCUT2D eigenvalue weighted by atomic mass is 35.5.